The number of carboxylic acid groups (broad SMARTS) is 1. The van der Waals surface area contributed by atoms with Crippen LogP contribution in [0.5, 0.6) is 5.75 Å². The van der Waals surface area contributed by atoms with E-state index < -0.39 is 58.0 Å². The van der Waals surface area contributed by atoms with Crippen LogP contribution in [0.4, 0.5) is 9.59 Å². The molecule has 4 unspecified atom stereocenters. The molecule has 4 rings (SSSR count). The molecule has 16 nitrogen and oxygen atoms in total. The largest absolute Gasteiger partial charge is 0.508 e. The second-order valence-electron chi connectivity index (χ2n) is 9.16. The molecule has 0 bridgehead atoms. The van der Waals surface area contributed by atoms with Gasteiger partial charge in [-0.2, -0.15) is 5.21 Å². The maximum absolute atomic E-state index is 13.4. The molecule has 0 saturated carbocycles. The van der Waals surface area contributed by atoms with Gasteiger partial charge in [0, 0.05) is 31.6 Å². The number of amides is 6. The molecular weight excluding hydrogens is 566 g/mol. The number of thioether (sulfide) groups is 2. The number of urea groups is 2. The molecule has 0 aliphatic carbocycles. The molecule has 0 radical (unpaired) electrons. The van der Waals surface area contributed by atoms with Gasteiger partial charge in [-0.05, 0) is 22.9 Å². The molecule has 2 aliphatic rings. The van der Waals surface area contributed by atoms with Crippen LogP contribution in [0.25, 0.3) is 0 Å². The van der Waals surface area contributed by atoms with Crippen LogP contribution in [0.3, 0.4) is 0 Å². The van der Waals surface area contributed by atoms with E-state index in [-0.39, 0.29) is 23.2 Å². The number of benzene rings is 1. The Morgan fingerprint density at radius 3 is 2.55 bits per heavy atom. The SMILES string of the molecule is CNC(=O)N(C)C(=O)NC(C(=O)NC1C(=O)N2CC(C(=O)O)(C(C)Sc3nn[nH]n3)CS[C@H]12)c1ccc(O)cc1. The van der Waals surface area contributed by atoms with Crippen LogP contribution < -0.4 is 16.0 Å². The van der Waals surface area contributed by atoms with Gasteiger partial charge in [-0.1, -0.05) is 30.8 Å². The normalized spacial score (nSPS) is 23.2. The highest BCUT2D eigenvalue weighted by Gasteiger charge is 2.59. The number of aromatic hydroxyl groups is 1. The molecule has 2 aromatic rings. The number of aromatic amines is 1. The number of rotatable bonds is 8. The van der Waals surface area contributed by atoms with Gasteiger partial charge in [0.05, 0.1) is 0 Å². The van der Waals surface area contributed by atoms with Crippen LogP contribution >= 0.6 is 23.5 Å². The molecule has 2 aliphatic heterocycles. The molecule has 1 aromatic heterocycles. The number of hydrogen-bond donors (Lipinski definition) is 6. The molecule has 0 spiro atoms. The number of β-lactam (4-membered cyclic amide) rings is 1. The molecule has 5 atom stereocenters. The Morgan fingerprint density at radius 1 is 1.25 bits per heavy atom. The minimum atomic E-state index is -1.31. The van der Waals surface area contributed by atoms with Gasteiger partial charge in [-0.15, -0.1) is 22.0 Å². The minimum Gasteiger partial charge on any atom is -0.508 e. The van der Waals surface area contributed by atoms with Crippen molar-refractivity contribution in [2.75, 3.05) is 26.4 Å². The van der Waals surface area contributed by atoms with E-state index in [0.717, 1.165) is 16.7 Å². The molecule has 214 valence electrons. The van der Waals surface area contributed by atoms with Crippen LogP contribution in [0.2, 0.25) is 0 Å². The lowest BCUT2D eigenvalue weighted by atomic mass is 9.84. The number of phenolic OH excluding ortho intramolecular Hbond substituents is 1. The van der Waals surface area contributed by atoms with E-state index in [1.807, 2.05) is 0 Å². The molecule has 2 fully saturated rings. The van der Waals surface area contributed by atoms with Crippen molar-refractivity contribution in [3.63, 3.8) is 0 Å². The third kappa shape index (κ3) is 5.48. The smallest absolute Gasteiger partial charge is 0.326 e. The number of H-pyrrole nitrogens is 1. The monoisotopic (exact) mass is 593 g/mol. The standard InChI is InChI=1S/C22H27N9O7S2/c1-10(40-19-26-28-29-27-19)22(18(35)36)8-31-16(34)14(17(31)39-9-22)24-15(33)13(11-4-6-12(32)7-5-11)25-21(38)30(3)20(37)23-2/h4-7,10,13-14,17,32H,8-9H2,1-3H3,(H,23,37)(H,24,33)(H,25,38)(H,35,36)(H,26,27,28,29)/t10?,13?,14?,17-,22?/m1/s1. The Morgan fingerprint density at radius 2 is 1.95 bits per heavy atom. The van der Waals surface area contributed by atoms with E-state index in [1.165, 1.54) is 55.0 Å². The maximum Gasteiger partial charge on any atom is 0.326 e. The number of fused-ring (bicyclic) bond motifs is 1. The summed E-state index contributed by atoms with van der Waals surface area (Å²) in [6.07, 6.45) is 0. The molecule has 6 amide bonds. The Kier molecular flexibility index (Phi) is 8.38. The molecular formula is C22H27N9O7S2. The van der Waals surface area contributed by atoms with Crippen LogP contribution in [0.1, 0.15) is 18.5 Å². The van der Waals surface area contributed by atoms with Crippen molar-refractivity contribution in [3.05, 3.63) is 29.8 Å². The summed E-state index contributed by atoms with van der Waals surface area (Å²) in [5.74, 6) is -2.17. The zero-order valence-electron chi connectivity index (χ0n) is 21.5. The summed E-state index contributed by atoms with van der Waals surface area (Å²) in [5.41, 5.74) is -1.00. The fourth-order valence-corrected chi connectivity index (χ4v) is 7.06. The number of phenols is 1. The van der Waals surface area contributed by atoms with Crippen molar-refractivity contribution in [1.82, 2.24) is 46.4 Å². The summed E-state index contributed by atoms with van der Waals surface area (Å²) in [4.78, 5) is 65.5. The molecule has 40 heavy (non-hydrogen) atoms. The minimum absolute atomic E-state index is 0.0613. The second-order valence-corrected chi connectivity index (χ2v) is 11.6. The second kappa shape index (κ2) is 11.6. The van der Waals surface area contributed by atoms with Crippen molar-refractivity contribution < 1.29 is 34.2 Å². The predicted octanol–water partition coefficient (Wildman–Crippen LogP) is -0.421. The quantitative estimate of drug-likeness (QED) is 0.170. The number of carboxylic acids is 1. The van der Waals surface area contributed by atoms with Crippen molar-refractivity contribution in [2.24, 2.45) is 5.41 Å². The number of aromatic nitrogens is 4. The number of carbonyl (C=O) groups excluding carboxylic acids is 4. The third-order valence-corrected chi connectivity index (χ3v) is 9.53. The first-order chi connectivity index (χ1) is 19.0. The van der Waals surface area contributed by atoms with E-state index in [2.05, 4.69) is 36.6 Å². The summed E-state index contributed by atoms with van der Waals surface area (Å²) in [6, 6.07) is 1.66. The van der Waals surface area contributed by atoms with Gasteiger partial charge in [0.1, 0.15) is 28.6 Å². The van der Waals surface area contributed by atoms with Crippen molar-refractivity contribution in [2.45, 2.75) is 34.8 Å². The van der Waals surface area contributed by atoms with E-state index >= 15 is 0 Å². The molecule has 2 saturated heterocycles. The first-order valence-corrected chi connectivity index (χ1v) is 13.8. The lowest BCUT2D eigenvalue weighted by molar-refractivity contribution is -0.158. The summed E-state index contributed by atoms with van der Waals surface area (Å²) < 4.78 is 0. The average Bonchev–Trinajstić information content (AvgIpc) is 3.46. The number of carbonyl (C=O) groups is 5. The van der Waals surface area contributed by atoms with E-state index in [4.69, 9.17) is 0 Å². The third-order valence-electron chi connectivity index (χ3n) is 6.80. The van der Waals surface area contributed by atoms with Crippen LogP contribution in [0.15, 0.2) is 29.4 Å². The first-order valence-electron chi connectivity index (χ1n) is 11.9. The Bertz CT molecular complexity index is 1300. The van der Waals surface area contributed by atoms with Crippen LogP contribution in [-0.4, -0.2) is 114 Å². The zero-order chi connectivity index (χ0) is 29.2. The molecule has 6 N–H and O–H groups in total. The fraction of sp³-hybridized carbons (Fsp3) is 0.455. The lowest BCUT2D eigenvalue weighted by Gasteiger charge is -2.55. The summed E-state index contributed by atoms with van der Waals surface area (Å²) >= 11 is 2.36. The zero-order valence-corrected chi connectivity index (χ0v) is 23.2. The van der Waals surface area contributed by atoms with Gasteiger partial charge >= 0.3 is 18.0 Å². The van der Waals surface area contributed by atoms with E-state index in [1.54, 1.807) is 6.92 Å². The van der Waals surface area contributed by atoms with Gasteiger partial charge < -0.3 is 31.1 Å². The molecule has 1 aromatic carbocycles. The number of tetrazole rings is 1. The highest BCUT2D eigenvalue weighted by molar-refractivity contribution is 8.01. The first kappa shape index (κ1) is 28.9. The van der Waals surface area contributed by atoms with Crippen molar-refractivity contribution in [1.29, 1.82) is 0 Å². The average molecular weight is 594 g/mol. The Labute approximate surface area is 236 Å². The van der Waals surface area contributed by atoms with Gasteiger partial charge in [-0.3, -0.25) is 14.4 Å². The van der Waals surface area contributed by atoms with Gasteiger partial charge in [0.25, 0.3) is 0 Å². The number of nitrogens with one attached hydrogen (secondary N) is 4. The van der Waals surface area contributed by atoms with Gasteiger partial charge in [0.2, 0.25) is 17.0 Å². The van der Waals surface area contributed by atoms with Crippen LogP contribution in [-0.2, 0) is 14.4 Å². The summed E-state index contributed by atoms with van der Waals surface area (Å²) in [5, 5.41) is 40.0. The molecule has 3 heterocycles. The Hall–Kier alpha value is -4.06. The summed E-state index contributed by atoms with van der Waals surface area (Å²) in [6.45, 7) is 1.65. The Balaban J connectivity index is 1.48. The van der Waals surface area contributed by atoms with E-state index in [9.17, 15) is 34.2 Å². The number of nitrogens with zero attached hydrogens (tertiary/aromatic N) is 5. The predicted molar refractivity (Wildman–Crippen MR) is 141 cm³/mol. The fourth-order valence-electron chi connectivity index (χ4n) is 4.30. The maximum atomic E-state index is 13.4. The highest BCUT2D eigenvalue weighted by Crippen LogP contribution is 2.47. The van der Waals surface area contributed by atoms with E-state index in [0.29, 0.717) is 5.56 Å². The lowest BCUT2D eigenvalue weighted by Crippen LogP contribution is -2.75. The topological polar surface area (TPSA) is 223 Å². The van der Waals surface area contributed by atoms with Gasteiger partial charge in [-0.25, -0.2) is 14.5 Å². The number of aliphatic carboxylic acids is 1. The highest BCUT2D eigenvalue weighted by atomic mass is 32.2. The van der Waals surface area contributed by atoms with Gasteiger partial charge in [0.15, 0.2) is 0 Å². The van der Waals surface area contributed by atoms with Crippen molar-refractivity contribution >= 4 is 53.4 Å². The number of imide groups is 1. The van der Waals surface area contributed by atoms with Crippen LogP contribution in [0, 0.1) is 5.41 Å². The molecule has 18 heteroatoms. The number of hydrogen-bond acceptors (Lipinski definition) is 11. The van der Waals surface area contributed by atoms with Crippen molar-refractivity contribution in [3.8, 4) is 5.75 Å². The summed E-state index contributed by atoms with van der Waals surface area (Å²) in [7, 11) is 2.56.